The number of hydrogen-bond acceptors (Lipinski definition) is 2. The van der Waals surface area contributed by atoms with Gasteiger partial charge in [-0.3, -0.25) is 9.97 Å². The SMILES string of the molecule is CC1(C)c2cc(-c3cccc4cccnc34)ccc2-c2c1c1cccnc1c1ccccc21. The van der Waals surface area contributed by atoms with E-state index in [1.165, 1.54) is 54.9 Å². The number of para-hydroxylation sites is 1. The van der Waals surface area contributed by atoms with E-state index in [1.54, 1.807) is 0 Å². The van der Waals surface area contributed by atoms with E-state index in [2.05, 4.69) is 92.7 Å². The maximum atomic E-state index is 4.81. The van der Waals surface area contributed by atoms with Gasteiger partial charge in [0.05, 0.1) is 11.0 Å². The Morgan fingerprint density at radius 2 is 1.33 bits per heavy atom. The zero-order valence-corrected chi connectivity index (χ0v) is 18.6. The lowest BCUT2D eigenvalue weighted by molar-refractivity contribution is 0.666. The van der Waals surface area contributed by atoms with Gasteiger partial charge >= 0.3 is 0 Å². The molecule has 4 aromatic carbocycles. The molecular formula is C31H22N2. The third-order valence-electron chi connectivity index (χ3n) is 7.31. The molecule has 33 heavy (non-hydrogen) atoms. The average molecular weight is 423 g/mol. The van der Waals surface area contributed by atoms with E-state index in [-0.39, 0.29) is 5.41 Å². The molecule has 0 amide bonds. The van der Waals surface area contributed by atoms with Gasteiger partial charge in [-0.05, 0) is 51.4 Å². The van der Waals surface area contributed by atoms with E-state index >= 15 is 0 Å². The van der Waals surface area contributed by atoms with Crippen LogP contribution in [0.3, 0.4) is 0 Å². The molecule has 0 bridgehead atoms. The van der Waals surface area contributed by atoms with Gasteiger partial charge in [0.2, 0.25) is 0 Å². The first kappa shape index (κ1) is 18.5. The summed E-state index contributed by atoms with van der Waals surface area (Å²) < 4.78 is 0. The Balaban J connectivity index is 1.57. The quantitative estimate of drug-likeness (QED) is 0.252. The third kappa shape index (κ3) is 2.44. The monoisotopic (exact) mass is 422 g/mol. The summed E-state index contributed by atoms with van der Waals surface area (Å²) in [6.07, 6.45) is 3.78. The smallest absolute Gasteiger partial charge is 0.0783 e. The van der Waals surface area contributed by atoms with Crippen LogP contribution in [0.4, 0.5) is 0 Å². The molecule has 0 fully saturated rings. The van der Waals surface area contributed by atoms with Crippen LogP contribution in [0.15, 0.2) is 97.3 Å². The number of benzene rings is 4. The molecule has 1 aliphatic carbocycles. The number of fused-ring (bicyclic) bond motifs is 9. The van der Waals surface area contributed by atoms with Gasteiger partial charge in [0, 0.05) is 39.5 Å². The average Bonchev–Trinajstić information content (AvgIpc) is 3.11. The summed E-state index contributed by atoms with van der Waals surface area (Å²) in [6.45, 7) is 4.70. The third-order valence-corrected chi connectivity index (χ3v) is 7.31. The summed E-state index contributed by atoms with van der Waals surface area (Å²) in [6, 6.07) is 30.5. The molecule has 0 unspecified atom stereocenters. The van der Waals surface area contributed by atoms with Crippen LogP contribution >= 0.6 is 0 Å². The van der Waals surface area contributed by atoms with Crippen molar-refractivity contribution in [1.82, 2.24) is 9.97 Å². The molecular weight excluding hydrogens is 400 g/mol. The number of aromatic nitrogens is 2. The zero-order valence-electron chi connectivity index (χ0n) is 18.6. The van der Waals surface area contributed by atoms with Gasteiger partial charge in [-0.1, -0.05) is 80.6 Å². The van der Waals surface area contributed by atoms with Gasteiger partial charge in [0.1, 0.15) is 0 Å². The summed E-state index contributed by atoms with van der Waals surface area (Å²) in [5.41, 5.74) is 9.83. The molecule has 1 aliphatic rings. The number of nitrogens with zero attached hydrogens (tertiary/aromatic N) is 2. The predicted octanol–water partition coefficient (Wildman–Crippen LogP) is 7.91. The molecule has 0 radical (unpaired) electrons. The van der Waals surface area contributed by atoms with E-state index in [1.807, 2.05) is 18.5 Å². The highest BCUT2D eigenvalue weighted by molar-refractivity contribution is 6.17. The Morgan fingerprint density at radius 3 is 2.21 bits per heavy atom. The van der Waals surface area contributed by atoms with Crippen LogP contribution in [-0.4, -0.2) is 9.97 Å². The second-order valence-corrected chi connectivity index (χ2v) is 9.46. The summed E-state index contributed by atoms with van der Waals surface area (Å²) in [4.78, 5) is 9.51. The molecule has 6 aromatic rings. The molecule has 7 rings (SSSR count). The Morgan fingerprint density at radius 1 is 0.606 bits per heavy atom. The predicted molar refractivity (Wildman–Crippen MR) is 138 cm³/mol. The highest BCUT2D eigenvalue weighted by atomic mass is 14.7. The molecule has 2 heteroatoms. The maximum Gasteiger partial charge on any atom is 0.0783 e. The molecule has 0 saturated heterocycles. The van der Waals surface area contributed by atoms with E-state index in [4.69, 9.17) is 9.97 Å². The molecule has 0 N–H and O–H groups in total. The van der Waals surface area contributed by atoms with Crippen molar-refractivity contribution in [2.45, 2.75) is 19.3 Å². The number of rotatable bonds is 1. The van der Waals surface area contributed by atoms with Crippen LogP contribution in [0.2, 0.25) is 0 Å². The summed E-state index contributed by atoms with van der Waals surface area (Å²) in [5.74, 6) is 0. The van der Waals surface area contributed by atoms with Gasteiger partial charge in [-0.2, -0.15) is 0 Å². The van der Waals surface area contributed by atoms with Crippen molar-refractivity contribution >= 4 is 32.6 Å². The van der Waals surface area contributed by atoms with E-state index in [9.17, 15) is 0 Å². The second kappa shape index (κ2) is 6.49. The van der Waals surface area contributed by atoms with Gasteiger partial charge in [0.25, 0.3) is 0 Å². The zero-order chi connectivity index (χ0) is 22.2. The molecule has 2 aromatic heterocycles. The topological polar surface area (TPSA) is 25.8 Å². The minimum absolute atomic E-state index is 0.135. The molecule has 2 nitrogen and oxygen atoms in total. The van der Waals surface area contributed by atoms with Crippen LogP contribution in [0.1, 0.15) is 25.0 Å². The molecule has 156 valence electrons. The van der Waals surface area contributed by atoms with Crippen molar-refractivity contribution in [3.05, 3.63) is 108 Å². The maximum absolute atomic E-state index is 4.81. The number of hydrogen-bond donors (Lipinski definition) is 0. The standard InChI is InChI=1S/C31H22N2/c1-31(2)26-18-20(21-12-5-8-19-9-6-16-32-29(19)21)14-15-24(26)27-22-10-3-4-11-23(22)30-25(28(27)31)13-7-17-33-30/h3-18H,1-2H3. The van der Waals surface area contributed by atoms with Crippen molar-refractivity contribution in [2.24, 2.45) is 0 Å². The molecule has 0 saturated carbocycles. The fourth-order valence-corrected chi connectivity index (χ4v) is 5.85. The summed E-state index contributed by atoms with van der Waals surface area (Å²) in [5, 5.41) is 4.92. The van der Waals surface area contributed by atoms with Crippen molar-refractivity contribution in [2.75, 3.05) is 0 Å². The molecule has 0 aliphatic heterocycles. The lowest BCUT2D eigenvalue weighted by atomic mass is 9.79. The first-order chi connectivity index (χ1) is 16.1. The van der Waals surface area contributed by atoms with Gasteiger partial charge in [0.15, 0.2) is 0 Å². The van der Waals surface area contributed by atoms with E-state index in [0.717, 1.165) is 11.0 Å². The Kier molecular flexibility index (Phi) is 3.64. The van der Waals surface area contributed by atoms with Crippen LogP contribution in [0.25, 0.3) is 54.8 Å². The van der Waals surface area contributed by atoms with Gasteiger partial charge in [-0.15, -0.1) is 0 Å². The normalized spacial score (nSPS) is 14.0. The van der Waals surface area contributed by atoms with Gasteiger partial charge in [-0.25, -0.2) is 0 Å². The molecule has 2 heterocycles. The fraction of sp³-hybridized carbons (Fsp3) is 0.0968. The summed E-state index contributed by atoms with van der Waals surface area (Å²) in [7, 11) is 0. The minimum atomic E-state index is -0.135. The second-order valence-electron chi connectivity index (χ2n) is 9.46. The van der Waals surface area contributed by atoms with Crippen molar-refractivity contribution < 1.29 is 0 Å². The van der Waals surface area contributed by atoms with E-state index in [0.29, 0.717) is 0 Å². The highest BCUT2D eigenvalue weighted by Crippen LogP contribution is 2.54. The minimum Gasteiger partial charge on any atom is -0.256 e. The first-order valence-electron chi connectivity index (χ1n) is 11.4. The Hall–Kier alpha value is -4.04. The van der Waals surface area contributed by atoms with Crippen molar-refractivity contribution in [3.8, 4) is 22.3 Å². The first-order valence-corrected chi connectivity index (χ1v) is 11.4. The summed E-state index contributed by atoms with van der Waals surface area (Å²) >= 11 is 0. The van der Waals surface area contributed by atoms with Crippen LogP contribution in [0.5, 0.6) is 0 Å². The molecule has 0 spiro atoms. The largest absolute Gasteiger partial charge is 0.256 e. The van der Waals surface area contributed by atoms with Crippen molar-refractivity contribution in [1.29, 1.82) is 0 Å². The van der Waals surface area contributed by atoms with Crippen LogP contribution in [0, 0.1) is 0 Å². The number of pyridine rings is 2. The molecule has 0 atom stereocenters. The van der Waals surface area contributed by atoms with Crippen LogP contribution < -0.4 is 0 Å². The fourth-order valence-electron chi connectivity index (χ4n) is 5.85. The lowest BCUT2D eigenvalue weighted by Gasteiger charge is -2.24. The Bertz CT molecular complexity index is 1740. The van der Waals surface area contributed by atoms with E-state index < -0.39 is 0 Å². The lowest BCUT2D eigenvalue weighted by Crippen LogP contribution is -2.16. The highest BCUT2D eigenvalue weighted by Gasteiger charge is 2.38. The van der Waals surface area contributed by atoms with Crippen LogP contribution in [-0.2, 0) is 5.41 Å². The Labute approximate surface area is 192 Å². The van der Waals surface area contributed by atoms with Crippen molar-refractivity contribution in [3.63, 3.8) is 0 Å². The van der Waals surface area contributed by atoms with Gasteiger partial charge < -0.3 is 0 Å².